The molecule has 88 valence electrons. The van der Waals surface area contributed by atoms with Crippen molar-refractivity contribution in [3.63, 3.8) is 0 Å². The highest BCUT2D eigenvalue weighted by Gasteiger charge is 2.52. The second-order valence-corrected chi connectivity index (χ2v) is 5.08. The average molecular weight is 250 g/mol. The molecule has 1 aliphatic carbocycles. The number of carboxylic acids is 1. The Morgan fingerprint density at radius 1 is 1.47 bits per heavy atom. The van der Waals surface area contributed by atoms with Crippen LogP contribution in [-0.2, 0) is 17.3 Å². The third-order valence-electron chi connectivity index (χ3n) is 3.63. The summed E-state index contributed by atoms with van der Waals surface area (Å²) in [7, 11) is 1.90. The molecule has 1 fully saturated rings. The van der Waals surface area contributed by atoms with Gasteiger partial charge in [-0.25, -0.2) is 0 Å². The van der Waals surface area contributed by atoms with Crippen molar-refractivity contribution in [3.05, 3.63) is 35.0 Å². The van der Waals surface area contributed by atoms with E-state index < -0.39 is 11.4 Å². The van der Waals surface area contributed by atoms with Gasteiger partial charge in [0.1, 0.15) is 0 Å². The highest BCUT2D eigenvalue weighted by Crippen LogP contribution is 2.51. The number of hydrogen-bond donors (Lipinski definition) is 1. The van der Waals surface area contributed by atoms with Crippen molar-refractivity contribution in [1.29, 1.82) is 0 Å². The summed E-state index contributed by atoms with van der Waals surface area (Å²) < 4.78 is 1.91. The van der Waals surface area contributed by atoms with Crippen LogP contribution < -0.4 is 0 Å². The number of rotatable bonds is 2. The van der Waals surface area contributed by atoms with Gasteiger partial charge in [-0.15, -0.1) is 0 Å². The topological polar surface area (TPSA) is 42.2 Å². The zero-order valence-corrected chi connectivity index (χ0v) is 10.2. The highest BCUT2D eigenvalue weighted by atomic mass is 35.5. The van der Waals surface area contributed by atoms with E-state index in [1.807, 2.05) is 36.0 Å². The van der Waals surface area contributed by atoms with Gasteiger partial charge < -0.3 is 9.67 Å². The Balaban J connectivity index is 2.34. The summed E-state index contributed by atoms with van der Waals surface area (Å²) in [6.07, 6.45) is 3.25. The molecule has 1 aliphatic rings. The van der Waals surface area contributed by atoms with Crippen LogP contribution in [-0.4, -0.2) is 15.6 Å². The number of aliphatic carboxylic acids is 1. The van der Waals surface area contributed by atoms with Crippen molar-refractivity contribution in [2.24, 2.45) is 7.05 Å². The Kier molecular flexibility index (Phi) is 2.05. The van der Waals surface area contributed by atoms with Crippen LogP contribution in [0.5, 0.6) is 0 Å². The molecule has 3 nitrogen and oxygen atoms in total. The lowest BCUT2D eigenvalue weighted by molar-refractivity contribution is -0.140. The molecule has 0 bridgehead atoms. The largest absolute Gasteiger partial charge is 0.481 e. The van der Waals surface area contributed by atoms with E-state index >= 15 is 0 Å². The van der Waals surface area contributed by atoms with E-state index in [4.69, 9.17) is 11.6 Å². The fourth-order valence-electron chi connectivity index (χ4n) is 2.53. The molecule has 1 aromatic carbocycles. The molecule has 2 aromatic rings. The lowest BCUT2D eigenvalue weighted by Crippen LogP contribution is -2.20. The summed E-state index contributed by atoms with van der Waals surface area (Å²) >= 11 is 6.13. The van der Waals surface area contributed by atoms with E-state index in [2.05, 4.69) is 0 Å². The Morgan fingerprint density at radius 3 is 2.76 bits per heavy atom. The van der Waals surface area contributed by atoms with Crippen LogP contribution >= 0.6 is 11.6 Å². The Labute approximate surface area is 104 Å². The lowest BCUT2D eigenvalue weighted by atomic mass is 9.94. The van der Waals surface area contributed by atoms with E-state index in [0.717, 1.165) is 16.5 Å². The van der Waals surface area contributed by atoms with Crippen molar-refractivity contribution >= 4 is 28.5 Å². The standard InChI is InChI=1S/C13H12ClNO2/c1-15-7-10(14)8-3-2-4-9(11(8)15)13(5-6-13)12(16)17/h2-4,7H,5-6H2,1H3,(H,16,17). The summed E-state index contributed by atoms with van der Waals surface area (Å²) in [5, 5.41) is 11.0. The summed E-state index contributed by atoms with van der Waals surface area (Å²) in [5.74, 6) is -0.734. The Hall–Kier alpha value is -1.48. The fraction of sp³-hybridized carbons (Fsp3) is 0.308. The molecule has 17 heavy (non-hydrogen) atoms. The van der Waals surface area contributed by atoms with E-state index in [1.165, 1.54) is 0 Å². The minimum atomic E-state index is -0.734. The van der Waals surface area contributed by atoms with Crippen molar-refractivity contribution < 1.29 is 9.90 Å². The second kappa shape index (κ2) is 3.26. The number of carbonyl (C=O) groups is 1. The molecule has 4 heteroatoms. The first kappa shape index (κ1) is 10.7. The van der Waals surface area contributed by atoms with Crippen LogP contribution in [0, 0.1) is 0 Å². The Bertz CT molecular complexity index is 626. The molecule has 0 spiro atoms. The zero-order valence-electron chi connectivity index (χ0n) is 9.40. The van der Waals surface area contributed by atoms with Crippen molar-refractivity contribution in [1.82, 2.24) is 4.57 Å². The smallest absolute Gasteiger partial charge is 0.314 e. The van der Waals surface area contributed by atoms with Crippen LogP contribution in [0.15, 0.2) is 24.4 Å². The predicted molar refractivity (Wildman–Crippen MR) is 66.5 cm³/mol. The number of para-hydroxylation sites is 1. The quantitative estimate of drug-likeness (QED) is 0.889. The molecule has 1 N–H and O–H groups in total. The monoisotopic (exact) mass is 249 g/mol. The van der Waals surface area contributed by atoms with Gasteiger partial charge in [0.05, 0.1) is 16.0 Å². The molecule has 0 radical (unpaired) electrons. The van der Waals surface area contributed by atoms with Crippen LogP contribution in [0.3, 0.4) is 0 Å². The van der Waals surface area contributed by atoms with Gasteiger partial charge in [-0.05, 0) is 18.4 Å². The highest BCUT2D eigenvalue weighted by molar-refractivity contribution is 6.35. The first-order chi connectivity index (χ1) is 8.06. The van der Waals surface area contributed by atoms with Crippen molar-refractivity contribution in [2.45, 2.75) is 18.3 Å². The zero-order chi connectivity index (χ0) is 12.2. The fourth-order valence-corrected chi connectivity index (χ4v) is 2.83. The minimum Gasteiger partial charge on any atom is -0.481 e. The van der Waals surface area contributed by atoms with Gasteiger partial charge in [0.2, 0.25) is 0 Å². The van der Waals surface area contributed by atoms with Gasteiger partial charge in [0, 0.05) is 18.6 Å². The van der Waals surface area contributed by atoms with E-state index in [9.17, 15) is 9.90 Å². The van der Waals surface area contributed by atoms with Crippen LogP contribution in [0.2, 0.25) is 5.02 Å². The van der Waals surface area contributed by atoms with Gasteiger partial charge in [-0.2, -0.15) is 0 Å². The number of halogens is 1. The van der Waals surface area contributed by atoms with Gasteiger partial charge in [-0.1, -0.05) is 29.8 Å². The molecule has 1 saturated carbocycles. The minimum absolute atomic E-state index is 0.672. The molecule has 1 aromatic heterocycles. The molecule has 0 amide bonds. The number of fused-ring (bicyclic) bond motifs is 1. The van der Waals surface area contributed by atoms with Crippen molar-refractivity contribution in [3.8, 4) is 0 Å². The third kappa shape index (κ3) is 1.32. The van der Waals surface area contributed by atoms with Gasteiger partial charge >= 0.3 is 5.97 Å². The number of aromatic nitrogens is 1. The Morgan fingerprint density at radius 2 is 2.18 bits per heavy atom. The number of nitrogens with zero attached hydrogens (tertiary/aromatic N) is 1. The SMILES string of the molecule is Cn1cc(Cl)c2cccc(C3(C(=O)O)CC3)c21. The van der Waals surface area contributed by atoms with E-state index in [-0.39, 0.29) is 0 Å². The lowest BCUT2D eigenvalue weighted by Gasteiger charge is -2.13. The summed E-state index contributed by atoms with van der Waals surface area (Å²) in [4.78, 5) is 11.4. The maximum atomic E-state index is 11.4. The molecule has 0 atom stereocenters. The maximum Gasteiger partial charge on any atom is 0.314 e. The molecule has 0 saturated heterocycles. The first-order valence-electron chi connectivity index (χ1n) is 5.54. The molecule has 0 aliphatic heterocycles. The molecule has 0 unspecified atom stereocenters. The maximum absolute atomic E-state index is 11.4. The number of benzene rings is 1. The van der Waals surface area contributed by atoms with E-state index in [0.29, 0.717) is 17.9 Å². The van der Waals surface area contributed by atoms with E-state index in [1.54, 1.807) is 0 Å². The average Bonchev–Trinajstić information content (AvgIpc) is 3.04. The van der Waals surface area contributed by atoms with Crippen LogP contribution in [0.1, 0.15) is 18.4 Å². The second-order valence-electron chi connectivity index (χ2n) is 4.68. The summed E-state index contributed by atoms with van der Waals surface area (Å²) in [6.45, 7) is 0. The predicted octanol–water partition coefficient (Wildman–Crippen LogP) is 2.95. The molecular formula is C13H12ClNO2. The number of aryl methyl sites for hydroxylation is 1. The van der Waals surface area contributed by atoms with Gasteiger partial charge in [0.15, 0.2) is 0 Å². The van der Waals surface area contributed by atoms with Crippen LogP contribution in [0.25, 0.3) is 10.9 Å². The molecule has 1 heterocycles. The molecule has 3 rings (SSSR count). The molecular weight excluding hydrogens is 238 g/mol. The van der Waals surface area contributed by atoms with Gasteiger partial charge in [-0.3, -0.25) is 4.79 Å². The first-order valence-corrected chi connectivity index (χ1v) is 5.91. The summed E-state index contributed by atoms with van der Waals surface area (Å²) in [5.41, 5.74) is 1.14. The van der Waals surface area contributed by atoms with Gasteiger partial charge in [0.25, 0.3) is 0 Å². The number of hydrogen-bond acceptors (Lipinski definition) is 1. The van der Waals surface area contributed by atoms with Crippen LogP contribution in [0.4, 0.5) is 0 Å². The third-order valence-corrected chi connectivity index (χ3v) is 3.93. The van der Waals surface area contributed by atoms with Crippen molar-refractivity contribution in [2.75, 3.05) is 0 Å². The normalized spacial score (nSPS) is 17.3. The summed E-state index contributed by atoms with van der Waals surface area (Å²) in [6, 6.07) is 5.71. The number of carboxylic acid groups (broad SMARTS) is 1.